The van der Waals surface area contributed by atoms with Crippen LogP contribution in [0, 0.1) is 5.92 Å². The van der Waals surface area contributed by atoms with Gasteiger partial charge < -0.3 is 15.7 Å². The standard InChI is InChI=1S/C22H34N2O2S2/c1-22(27-13-8-14-28-22)16-20(25)19(15-17-9-4-2-5-10-17)24-21(26)23-18-11-6-3-7-12-18/h3,6-7,11-12,17,19-20,25H,2,4-5,8-10,13-16H2,1H3,(H2,23,24,26). The number of para-hydroxylation sites is 1. The molecule has 3 rings (SSSR count). The third-order valence-electron chi connectivity index (χ3n) is 5.81. The molecule has 1 aromatic rings. The largest absolute Gasteiger partial charge is 0.391 e. The van der Waals surface area contributed by atoms with Crippen molar-refractivity contribution < 1.29 is 9.90 Å². The number of hydrogen-bond acceptors (Lipinski definition) is 4. The zero-order chi connectivity index (χ0) is 19.8. The topological polar surface area (TPSA) is 61.4 Å². The Morgan fingerprint density at radius 1 is 1.14 bits per heavy atom. The maximum atomic E-state index is 12.6. The van der Waals surface area contributed by atoms with Crippen LogP contribution in [0.5, 0.6) is 0 Å². The summed E-state index contributed by atoms with van der Waals surface area (Å²) in [5.41, 5.74) is 0.774. The fourth-order valence-corrected chi connectivity index (χ4v) is 7.30. The molecule has 1 saturated heterocycles. The number of anilines is 1. The third kappa shape index (κ3) is 6.89. The van der Waals surface area contributed by atoms with Crippen LogP contribution in [-0.2, 0) is 0 Å². The molecular weight excluding hydrogens is 388 g/mol. The lowest BCUT2D eigenvalue weighted by Gasteiger charge is -2.37. The summed E-state index contributed by atoms with van der Waals surface area (Å²) in [6.45, 7) is 2.24. The van der Waals surface area contributed by atoms with Gasteiger partial charge in [0, 0.05) is 5.69 Å². The number of thioether (sulfide) groups is 2. The minimum atomic E-state index is -0.522. The van der Waals surface area contributed by atoms with Crippen LogP contribution in [0.25, 0.3) is 0 Å². The van der Waals surface area contributed by atoms with Crippen molar-refractivity contribution in [1.29, 1.82) is 0 Å². The smallest absolute Gasteiger partial charge is 0.319 e. The summed E-state index contributed by atoms with van der Waals surface area (Å²) < 4.78 is 0.0417. The number of benzene rings is 1. The van der Waals surface area contributed by atoms with Gasteiger partial charge in [0.15, 0.2) is 0 Å². The maximum absolute atomic E-state index is 12.6. The van der Waals surface area contributed by atoms with Crippen LogP contribution in [0.3, 0.4) is 0 Å². The Morgan fingerprint density at radius 3 is 2.50 bits per heavy atom. The summed E-state index contributed by atoms with van der Waals surface area (Å²) >= 11 is 3.91. The van der Waals surface area contributed by atoms with Crippen LogP contribution in [-0.4, -0.2) is 38.9 Å². The van der Waals surface area contributed by atoms with Crippen LogP contribution in [0.2, 0.25) is 0 Å². The second kappa shape index (κ2) is 10.8. The summed E-state index contributed by atoms with van der Waals surface area (Å²) in [5, 5.41) is 17.1. The molecule has 2 aliphatic rings. The van der Waals surface area contributed by atoms with E-state index in [-0.39, 0.29) is 16.2 Å². The molecule has 156 valence electrons. The van der Waals surface area contributed by atoms with E-state index in [0.29, 0.717) is 12.3 Å². The second-order valence-electron chi connectivity index (χ2n) is 8.27. The molecular formula is C22H34N2O2S2. The van der Waals surface area contributed by atoms with E-state index >= 15 is 0 Å². The van der Waals surface area contributed by atoms with Gasteiger partial charge in [-0.25, -0.2) is 4.79 Å². The van der Waals surface area contributed by atoms with Gasteiger partial charge in [0.1, 0.15) is 0 Å². The number of urea groups is 1. The number of amides is 2. The van der Waals surface area contributed by atoms with Crippen molar-refractivity contribution in [2.24, 2.45) is 5.92 Å². The average Bonchev–Trinajstić information content (AvgIpc) is 2.69. The van der Waals surface area contributed by atoms with E-state index in [1.54, 1.807) is 0 Å². The molecule has 2 fully saturated rings. The monoisotopic (exact) mass is 422 g/mol. The Balaban J connectivity index is 1.62. The Morgan fingerprint density at radius 2 is 1.82 bits per heavy atom. The average molecular weight is 423 g/mol. The Kier molecular flexibility index (Phi) is 8.42. The van der Waals surface area contributed by atoms with Crippen molar-refractivity contribution in [3.05, 3.63) is 30.3 Å². The molecule has 0 spiro atoms. The van der Waals surface area contributed by atoms with Crippen molar-refractivity contribution in [2.75, 3.05) is 16.8 Å². The molecule has 2 atom stereocenters. The first-order chi connectivity index (χ1) is 13.5. The Hall–Kier alpha value is -0.850. The molecule has 0 aromatic heterocycles. The van der Waals surface area contributed by atoms with E-state index in [4.69, 9.17) is 0 Å². The number of carbonyl (C=O) groups is 1. The van der Waals surface area contributed by atoms with Gasteiger partial charge in [0.05, 0.1) is 16.2 Å². The molecule has 6 heteroatoms. The highest BCUT2D eigenvalue weighted by atomic mass is 32.2. The van der Waals surface area contributed by atoms with Gasteiger partial charge in [-0.1, -0.05) is 50.3 Å². The fourth-order valence-electron chi connectivity index (χ4n) is 4.27. The number of hydrogen-bond donors (Lipinski definition) is 3. The van der Waals surface area contributed by atoms with Gasteiger partial charge in [0.25, 0.3) is 0 Å². The lowest BCUT2D eigenvalue weighted by atomic mass is 9.83. The number of aliphatic hydroxyl groups is 1. The molecule has 1 saturated carbocycles. The molecule has 28 heavy (non-hydrogen) atoms. The van der Waals surface area contributed by atoms with Crippen LogP contribution in [0.15, 0.2) is 30.3 Å². The van der Waals surface area contributed by atoms with Gasteiger partial charge in [0.2, 0.25) is 0 Å². The molecule has 2 unspecified atom stereocenters. The van der Waals surface area contributed by atoms with Crippen LogP contribution < -0.4 is 10.6 Å². The number of rotatable bonds is 7. The van der Waals surface area contributed by atoms with Gasteiger partial charge in [-0.3, -0.25) is 0 Å². The van der Waals surface area contributed by atoms with Gasteiger partial charge in [-0.2, -0.15) is 0 Å². The molecule has 0 bridgehead atoms. The van der Waals surface area contributed by atoms with E-state index in [1.165, 1.54) is 38.5 Å². The molecule has 1 heterocycles. The van der Waals surface area contributed by atoms with Crippen molar-refractivity contribution in [1.82, 2.24) is 5.32 Å². The molecule has 2 amide bonds. The first-order valence-electron chi connectivity index (χ1n) is 10.6. The van der Waals surface area contributed by atoms with Gasteiger partial charge in [-0.15, -0.1) is 23.5 Å². The van der Waals surface area contributed by atoms with Gasteiger partial charge in [-0.05, 0) is 55.7 Å². The van der Waals surface area contributed by atoms with Crippen molar-refractivity contribution in [3.63, 3.8) is 0 Å². The number of nitrogens with one attached hydrogen (secondary N) is 2. The van der Waals surface area contributed by atoms with E-state index in [0.717, 1.165) is 23.6 Å². The highest BCUT2D eigenvalue weighted by Gasteiger charge is 2.35. The SMILES string of the molecule is CC1(CC(O)C(CC2CCCCC2)NC(=O)Nc2ccccc2)SCCCS1. The molecule has 3 N–H and O–H groups in total. The molecule has 4 nitrogen and oxygen atoms in total. The Labute approximate surface area is 178 Å². The first-order valence-corrected chi connectivity index (χ1v) is 12.6. The normalized spacial score (nSPS) is 22.2. The van der Waals surface area contributed by atoms with E-state index in [1.807, 2.05) is 53.9 Å². The second-order valence-corrected chi connectivity index (χ2v) is 11.7. The zero-order valence-corrected chi connectivity index (χ0v) is 18.5. The molecule has 1 aliphatic carbocycles. The Bertz CT molecular complexity index is 602. The van der Waals surface area contributed by atoms with Crippen LogP contribution in [0.1, 0.15) is 58.3 Å². The minimum absolute atomic E-state index is 0.0417. The minimum Gasteiger partial charge on any atom is -0.391 e. The molecule has 1 aromatic carbocycles. The van der Waals surface area contributed by atoms with Crippen molar-refractivity contribution >= 4 is 35.2 Å². The van der Waals surface area contributed by atoms with E-state index in [9.17, 15) is 9.90 Å². The molecule has 1 aliphatic heterocycles. The number of aliphatic hydroxyl groups excluding tert-OH is 1. The highest BCUT2D eigenvalue weighted by Crippen LogP contribution is 2.45. The lowest BCUT2D eigenvalue weighted by Crippen LogP contribution is -2.48. The number of carbonyl (C=O) groups excluding carboxylic acids is 1. The van der Waals surface area contributed by atoms with E-state index < -0.39 is 6.10 Å². The summed E-state index contributed by atoms with van der Waals surface area (Å²) in [6, 6.07) is 9.07. The van der Waals surface area contributed by atoms with E-state index in [2.05, 4.69) is 17.6 Å². The quantitative estimate of drug-likeness (QED) is 0.544. The van der Waals surface area contributed by atoms with Crippen LogP contribution >= 0.6 is 23.5 Å². The predicted octanol–water partition coefficient (Wildman–Crippen LogP) is 5.48. The lowest BCUT2D eigenvalue weighted by molar-refractivity contribution is 0.103. The van der Waals surface area contributed by atoms with Gasteiger partial charge >= 0.3 is 6.03 Å². The summed E-state index contributed by atoms with van der Waals surface area (Å²) in [7, 11) is 0. The summed E-state index contributed by atoms with van der Waals surface area (Å²) in [4.78, 5) is 12.6. The first kappa shape index (κ1) is 21.8. The summed E-state index contributed by atoms with van der Waals surface area (Å²) in [5.74, 6) is 2.92. The summed E-state index contributed by atoms with van der Waals surface area (Å²) in [6.07, 6.45) is 8.59. The van der Waals surface area contributed by atoms with Crippen molar-refractivity contribution in [3.8, 4) is 0 Å². The fraction of sp³-hybridized carbons (Fsp3) is 0.682. The highest BCUT2D eigenvalue weighted by molar-refractivity contribution is 8.18. The van der Waals surface area contributed by atoms with Crippen molar-refractivity contribution in [2.45, 2.75) is 74.5 Å². The zero-order valence-electron chi connectivity index (χ0n) is 16.9. The predicted molar refractivity (Wildman–Crippen MR) is 122 cm³/mol. The third-order valence-corrected chi connectivity index (χ3v) is 9.06. The molecule has 0 radical (unpaired) electrons. The maximum Gasteiger partial charge on any atom is 0.319 e. The van der Waals surface area contributed by atoms with Crippen LogP contribution in [0.4, 0.5) is 10.5 Å².